The largest absolute Gasteiger partial charge is 0.291 e. The molecule has 7 rings (SSSR count). The Morgan fingerprint density at radius 1 is 0.818 bits per heavy atom. The molecule has 4 bridgehead atoms. The number of rotatable bonds is 3. The van der Waals surface area contributed by atoms with Crippen molar-refractivity contribution in [2.75, 3.05) is 0 Å². The second kappa shape index (κ2) is 6.45. The van der Waals surface area contributed by atoms with Crippen LogP contribution in [0.25, 0.3) is 10.8 Å². The Kier molecular flexibility index (Phi) is 3.94. The Balaban J connectivity index is 1.20. The minimum Gasteiger partial charge on any atom is -0.266 e. The zero-order valence-electron chi connectivity index (χ0n) is 18.7. The van der Waals surface area contributed by atoms with Gasteiger partial charge in [0.05, 0.1) is 16.4 Å². The molecule has 9 unspecified atom stereocenters. The van der Waals surface area contributed by atoms with Crippen molar-refractivity contribution in [1.29, 1.82) is 0 Å². The maximum absolute atomic E-state index is 13.5. The summed E-state index contributed by atoms with van der Waals surface area (Å²) in [7, 11) is -4.13. The number of fused-ring (bicyclic) bond motifs is 9. The highest BCUT2D eigenvalue weighted by molar-refractivity contribution is 7.87. The lowest BCUT2D eigenvalue weighted by molar-refractivity contribution is -0.0178. The average Bonchev–Trinajstić information content (AvgIpc) is 3.55. The number of benzene rings is 2. The molecule has 7 heteroatoms. The van der Waals surface area contributed by atoms with Crippen LogP contribution in [0.4, 0.5) is 0 Å². The molecule has 4 saturated carbocycles. The molecule has 2 amide bonds. The molecule has 172 valence electrons. The van der Waals surface area contributed by atoms with Crippen LogP contribution >= 0.6 is 0 Å². The van der Waals surface area contributed by atoms with Crippen molar-refractivity contribution in [2.45, 2.75) is 38.4 Å². The highest BCUT2D eigenvalue weighted by Gasteiger charge is 2.67. The first-order valence-corrected chi connectivity index (χ1v) is 13.6. The van der Waals surface area contributed by atoms with Crippen molar-refractivity contribution in [3.8, 4) is 0 Å². The van der Waals surface area contributed by atoms with E-state index in [1.807, 2.05) is 12.1 Å². The third-order valence-corrected chi connectivity index (χ3v) is 11.7. The third kappa shape index (κ3) is 2.45. The normalized spacial score (nSPS) is 40.8. The Bertz CT molecular complexity index is 1280. The van der Waals surface area contributed by atoms with Gasteiger partial charge >= 0.3 is 0 Å². The zero-order chi connectivity index (χ0) is 22.8. The van der Waals surface area contributed by atoms with Crippen molar-refractivity contribution >= 4 is 32.7 Å². The summed E-state index contributed by atoms with van der Waals surface area (Å²) in [5, 5.41) is 1.17. The van der Waals surface area contributed by atoms with E-state index in [9.17, 15) is 18.0 Å². The summed E-state index contributed by atoms with van der Waals surface area (Å²) < 4.78 is 32.4. The van der Waals surface area contributed by atoms with Gasteiger partial charge in [0.2, 0.25) is 0 Å². The maximum Gasteiger partial charge on any atom is 0.291 e. The standard InChI is InChI=1S/C26H27NO5S/c1-12-13(2)19-11-18(12)23-15-9-20(24(19)23)21(10-15)33(30,31)32-27-25(28)16-7-3-5-14-6-4-8-17(22(14)16)26(27)29/h3-8,12-13,15,18-21,23-24H,9-11H2,1-2H3. The van der Waals surface area contributed by atoms with E-state index in [4.69, 9.17) is 4.28 Å². The van der Waals surface area contributed by atoms with Gasteiger partial charge in [0.15, 0.2) is 0 Å². The highest BCUT2D eigenvalue weighted by atomic mass is 32.2. The number of hydrogen-bond donors (Lipinski definition) is 0. The molecule has 1 aliphatic heterocycles. The molecule has 0 saturated heterocycles. The third-order valence-electron chi connectivity index (χ3n) is 10.1. The minimum absolute atomic E-state index is 0.0701. The van der Waals surface area contributed by atoms with Gasteiger partial charge in [-0.2, -0.15) is 8.42 Å². The predicted molar refractivity (Wildman–Crippen MR) is 121 cm³/mol. The molecule has 4 fully saturated rings. The number of nitrogens with zero attached hydrogens (tertiary/aromatic N) is 1. The van der Waals surface area contributed by atoms with Gasteiger partial charge in [0.25, 0.3) is 21.9 Å². The summed E-state index contributed by atoms with van der Waals surface area (Å²) >= 11 is 0. The molecule has 33 heavy (non-hydrogen) atoms. The van der Waals surface area contributed by atoms with Crippen LogP contribution in [0.15, 0.2) is 36.4 Å². The minimum atomic E-state index is -4.13. The van der Waals surface area contributed by atoms with Gasteiger partial charge in [-0.15, -0.1) is 9.35 Å². The zero-order valence-corrected chi connectivity index (χ0v) is 19.5. The van der Waals surface area contributed by atoms with Crippen LogP contribution in [-0.2, 0) is 14.4 Å². The Morgan fingerprint density at radius 2 is 1.42 bits per heavy atom. The highest BCUT2D eigenvalue weighted by Crippen LogP contribution is 2.70. The van der Waals surface area contributed by atoms with Crippen molar-refractivity contribution in [2.24, 2.45) is 47.3 Å². The van der Waals surface area contributed by atoms with Gasteiger partial charge < -0.3 is 0 Å². The van der Waals surface area contributed by atoms with E-state index in [0.717, 1.165) is 17.7 Å². The van der Waals surface area contributed by atoms with Gasteiger partial charge in [-0.25, -0.2) is 0 Å². The summed E-state index contributed by atoms with van der Waals surface area (Å²) in [5.41, 5.74) is 0.587. The molecule has 2 aromatic rings. The van der Waals surface area contributed by atoms with Gasteiger partial charge in [0.1, 0.15) is 0 Å². The van der Waals surface area contributed by atoms with Crippen LogP contribution in [0.1, 0.15) is 53.8 Å². The Hall–Kier alpha value is -2.25. The van der Waals surface area contributed by atoms with Crippen LogP contribution in [0.3, 0.4) is 0 Å². The number of hydrogen-bond acceptors (Lipinski definition) is 5. The van der Waals surface area contributed by atoms with E-state index >= 15 is 0 Å². The predicted octanol–water partition coefficient (Wildman–Crippen LogP) is 4.26. The molecular formula is C26H27NO5S. The molecular weight excluding hydrogens is 438 g/mol. The fourth-order valence-electron chi connectivity index (χ4n) is 8.73. The first kappa shape index (κ1) is 20.2. The first-order chi connectivity index (χ1) is 15.8. The van der Waals surface area contributed by atoms with Gasteiger partial charge in [-0.1, -0.05) is 38.1 Å². The van der Waals surface area contributed by atoms with E-state index in [0.29, 0.717) is 63.5 Å². The summed E-state index contributed by atoms with van der Waals surface area (Å²) in [4.78, 5) is 26.3. The number of amides is 2. The lowest BCUT2D eigenvalue weighted by atomic mass is 9.64. The Morgan fingerprint density at radius 3 is 2.06 bits per heavy atom. The SMILES string of the molecule is CC1C(C)C2CC1C1C3CC(C21)C(S(=O)(=O)ON1C(=O)c2cccc4cccc(c24)C1=O)C3. The molecule has 0 aromatic heterocycles. The summed E-state index contributed by atoms with van der Waals surface area (Å²) in [5.74, 6) is 2.78. The van der Waals surface area contributed by atoms with Gasteiger partial charge in [0, 0.05) is 5.39 Å². The van der Waals surface area contributed by atoms with Crippen LogP contribution in [0.5, 0.6) is 0 Å². The monoisotopic (exact) mass is 465 g/mol. The van der Waals surface area contributed by atoms with Crippen molar-refractivity contribution < 1.29 is 22.3 Å². The van der Waals surface area contributed by atoms with Gasteiger partial charge in [-0.05, 0) is 84.1 Å². The fraction of sp³-hybridized carbons (Fsp3) is 0.538. The lowest BCUT2D eigenvalue weighted by Crippen LogP contribution is -2.47. The molecule has 9 atom stereocenters. The molecule has 1 heterocycles. The van der Waals surface area contributed by atoms with E-state index in [1.54, 1.807) is 24.3 Å². The topological polar surface area (TPSA) is 80.8 Å². The first-order valence-electron chi connectivity index (χ1n) is 12.1. The summed E-state index contributed by atoms with van der Waals surface area (Å²) in [6.45, 7) is 4.68. The van der Waals surface area contributed by atoms with E-state index < -0.39 is 27.2 Å². The number of imide groups is 1. The summed E-state index contributed by atoms with van der Waals surface area (Å²) in [6, 6.07) is 10.4. The fourth-order valence-corrected chi connectivity index (χ4v) is 10.4. The van der Waals surface area contributed by atoms with Gasteiger partial charge in [-0.3, -0.25) is 9.59 Å². The molecule has 0 radical (unpaired) electrons. The molecule has 2 aromatic carbocycles. The quantitative estimate of drug-likeness (QED) is 0.500. The van der Waals surface area contributed by atoms with Crippen LogP contribution in [-0.4, -0.2) is 30.5 Å². The van der Waals surface area contributed by atoms with E-state index in [-0.39, 0.29) is 5.92 Å². The molecule has 4 aliphatic carbocycles. The molecule has 5 aliphatic rings. The summed E-state index contributed by atoms with van der Waals surface area (Å²) in [6.07, 6.45) is 2.74. The molecule has 0 spiro atoms. The van der Waals surface area contributed by atoms with Crippen molar-refractivity contribution in [3.63, 3.8) is 0 Å². The van der Waals surface area contributed by atoms with Crippen molar-refractivity contribution in [1.82, 2.24) is 5.06 Å². The lowest BCUT2D eigenvalue weighted by Gasteiger charge is -2.43. The van der Waals surface area contributed by atoms with E-state index in [1.165, 1.54) is 6.42 Å². The second-order valence-electron chi connectivity index (χ2n) is 11.1. The van der Waals surface area contributed by atoms with Crippen LogP contribution in [0, 0.1) is 47.3 Å². The maximum atomic E-state index is 13.5. The number of carbonyl (C=O) groups excluding carboxylic acids is 2. The van der Waals surface area contributed by atoms with Crippen LogP contribution < -0.4 is 0 Å². The second-order valence-corrected chi connectivity index (χ2v) is 12.8. The Labute approximate surface area is 193 Å². The smallest absolute Gasteiger partial charge is 0.266 e. The number of carbonyl (C=O) groups is 2. The van der Waals surface area contributed by atoms with E-state index in [2.05, 4.69) is 13.8 Å². The molecule has 6 nitrogen and oxygen atoms in total. The molecule has 0 N–H and O–H groups in total. The average molecular weight is 466 g/mol. The van der Waals surface area contributed by atoms with Crippen LogP contribution in [0.2, 0.25) is 0 Å². The number of hydroxylamine groups is 2. The van der Waals surface area contributed by atoms with Crippen molar-refractivity contribution in [3.05, 3.63) is 47.5 Å².